The fraction of sp³-hybridized carbons (Fsp3) is 0.303. The molecule has 6 nitrogen and oxygen atoms in total. The van der Waals surface area contributed by atoms with Crippen LogP contribution in [0, 0.1) is 18.8 Å². The molecule has 3 aliphatic heterocycles. The molecule has 1 N–H and O–H groups in total. The lowest BCUT2D eigenvalue weighted by Gasteiger charge is -2.51. The van der Waals surface area contributed by atoms with E-state index in [2.05, 4.69) is 39.4 Å². The third-order valence-corrected chi connectivity index (χ3v) is 9.84. The molecule has 0 spiro atoms. The zero-order valence-corrected chi connectivity index (χ0v) is 23.6. The van der Waals surface area contributed by atoms with E-state index in [-0.39, 0.29) is 17.0 Å². The summed E-state index contributed by atoms with van der Waals surface area (Å²) in [6, 6.07) is 24.9. The number of hydrogen-bond acceptors (Lipinski definition) is 5. The lowest BCUT2D eigenvalue weighted by atomic mass is 9.73. The number of nitrogens with zero attached hydrogens (tertiary/aromatic N) is 2. The number of aromatic nitrogens is 1. The molecule has 5 atom stereocenters. The topological polar surface area (TPSA) is 71.5 Å². The zero-order valence-electron chi connectivity index (χ0n) is 22.7. The molecule has 0 aliphatic carbocycles. The van der Waals surface area contributed by atoms with Crippen LogP contribution in [0.2, 0.25) is 0 Å². The molecular weight excluding hydrogens is 518 g/mol. The van der Waals surface area contributed by atoms with E-state index in [1.54, 1.807) is 30.3 Å². The largest absolute Gasteiger partial charge is 0.367 e. The van der Waals surface area contributed by atoms with Crippen molar-refractivity contribution in [1.29, 1.82) is 0 Å². The van der Waals surface area contributed by atoms with Crippen molar-refractivity contribution in [2.75, 3.05) is 17.8 Å². The molecule has 3 saturated heterocycles. The lowest BCUT2D eigenvalue weighted by Crippen LogP contribution is -2.55. The lowest BCUT2D eigenvalue weighted by molar-refractivity contribution is -0.0803. The molecule has 206 valence electrons. The molecule has 4 heterocycles. The predicted molar refractivity (Wildman–Crippen MR) is 159 cm³/mol. The van der Waals surface area contributed by atoms with E-state index in [1.807, 2.05) is 49.5 Å². The number of pyridine rings is 1. The summed E-state index contributed by atoms with van der Waals surface area (Å²) in [7, 11) is -3.73. The van der Waals surface area contributed by atoms with Gasteiger partial charge < -0.3 is 4.74 Å². The smallest absolute Gasteiger partial charge is 0.261 e. The van der Waals surface area contributed by atoms with Crippen LogP contribution in [0.1, 0.15) is 35.6 Å². The van der Waals surface area contributed by atoms with Crippen LogP contribution in [0.15, 0.2) is 103 Å². The van der Waals surface area contributed by atoms with Crippen LogP contribution in [0.25, 0.3) is 10.9 Å². The second-order valence-corrected chi connectivity index (χ2v) is 12.7. The van der Waals surface area contributed by atoms with Crippen LogP contribution in [0.4, 0.5) is 5.69 Å². The maximum Gasteiger partial charge on any atom is 0.261 e. The van der Waals surface area contributed by atoms with Crippen molar-refractivity contribution in [3.63, 3.8) is 0 Å². The summed E-state index contributed by atoms with van der Waals surface area (Å²) in [6.45, 7) is 8.57. The number of fused-ring (bicyclic) bond motifs is 4. The monoisotopic (exact) mass is 553 g/mol. The highest BCUT2D eigenvalue weighted by atomic mass is 32.2. The first-order valence-electron chi connectivity index (χ1n) is 13.9. The van der Waals surface area contributed by atoms with Crippen LogP contribution in [-0.4, -0.2) is 37.4 Å². The first-order valence-corrected chi connectivity index (χ1v) is 15.4. The van der Waals surface area contributed by atoms with Gasteiger partial charge in [0, 0.05) is 29.9 Å². The highest BCUT2D eigenvalue weighted by Gasteiger charge is 2.43. The number of sulfonamides is 1. The second-order valence-electron chi connectivity index (χ2n) is 11.0. The van der Waals surface area contributed by atoms with Crippen molar-refractivity contribution in [3.05, 3.63) is 114 Å². The Morgan fingerprint density at radius 1 is 1.10 bits per heavy atom. The van der Waals surface area contributed by atoms with Crippen LogP contribution in [-0.2, 0) is 21.4 Å². The summed E-state index contributed by atoms with van der Waals surface area (Å²) < 4.78 is 35.9. The third-order valence-electron chi connectivity index (χ3n) is 8.44. The van der Waals surface area contributed by atoms with Crippen LogP contribution in [0.5, 0.6) is 0 Å². The van der Waals surface area contributed by atoms with Gasteiger partial charge in [0.15, 0.2) is 0 Å². The van der Waals surface area contributed by atoms with Gasteiger partial charge >= 0.3 is 0 Å². The van der Waals surface area contributed by atoms with Crippen molar-refractivity contribution in [2.24, 2.45) is 11.8 Å². The molecule has 0 radical (unpaired) electrons. The first kappa shape index (κ1) is 26.7. The van der Waals surface area contributed by atoms with Gasteiger partial charge in [-0.15, -0.1) is 6.58 Å². The average molecular weight is 554 g/mol. The van der Waals surface area contributed by atoms with E-state index in [0.717, 1.165) is 47.1 Å². The number of piperidine rings is 3. The fourth-order valence-corrected chi connectivity index (χ4v) is 7.32. The normalized spacial score (nSPS) is 23.1. The molecule has 1 aromatic heterocycles. The number of aryl methyl sites for hydroxylation is 1. The standard InChI is InChI=1S/C33H35N3O3S/c1-3-25-21-36-18-16-26(25)19-32(36)33(39-22-24-7-5-4-6-8-24)29-15-17-34-31-14-11-27(20-30(29)31)35-40(37,38)28-12-9-23(2)10-13-28/h3-15,17,20,25-26,32-33,35H,1,16,18-19,21-22H2,2H3/t25?,26?,32?,33-/m0/s1. The minimum absolute atomic E-state index is 0.191. The Balaban J connectivity index is 1.36. The summed E-state index contributed by atoms with van der Waals surface area (Å²) >= 11 is 0. The van der Waals surface area contributed by atoms with E-state index < -0.39 is 10.0 Å². The number of hydrogen-bond donors (Lipinski definition) is 1. The Bertz CT molecular complexity index is 1610. The Morgan fingerprint density at radius 2 is 1.90 bits per heavy atom. The molecule has 3 aliphatic rings. The van der Waals surface area contributed by atoms with Gasteiger partial charge in [-0.25, -0.2) is 8.42 Å². The summed E-state index contributed by atoms with van der Waals surface area (Å²) in [6.07, 6.45) is 5.97. The summed E-state index contributed by atoms with van der Waals surface area (Å²) in [4.78, 5) is 7.39. The number of anilines is 1. The summed E-state index contributed by atoms with van der Waals surface area (Å²) in [5.74, 6) is 1.11. The molecule has 3 fully saturated rings. The fourth-order valence-electron chi connectivity index (χ4n) is 6.27. The van der Waals surface area contributed by atoms with Crippen molar-refractivity contribution >= 4 is 26.6 Å². The van der Waals surface area contributed by atoms with E-state index in [4.69, 9.17) is 4.74 Å². The number of nitrogens with one attached hydrogen (secondary N) is 1. The minimum Gasteiger partial charge on any atom is -0.367 e. The zero-order chi connectivity index (χ0) is 27.7. The molecule has 4 aromatic rings. The minimum atomic E-state index is -3.73. The second kappa shape index (κ2) is 11.2. The SMILES string of the molecule is C=CC1CN2CCC1CC2[C@@H](OCc1ccccc1)c1ccnc2ccc(NS(=O)(=O)c3ccc(C)cc3)cc12. The van der Waals surface area contributed by atoms with Gasteiger partial charge in [0.05, 0.1) is 23.1 Å². The van der Waals surface area contributed by atoms with Gasteiger partial charge in [0.2, 0.25) is 0 Å². The quantitative estimate of drug-likeness (QED) is 0.240. The Morgan fingerprint density at radius 3 is 2.62 bits per heavy atom. The van der Waals surface area contributed by atoms with Crippen molar-refractivity contribution in [2.45, 2.75) is 43.4 Å². The predicted octanol–water partition coefficient (Wildman–Crippen LogP) is 6.50. The highest BCUT2D eigenvalue weighted by Crippen LogP contribution is 2.44. The average Bonchev–Trinajstić information content (AvgIpc) is 2.98. The van der Waals surface area contributed by atoms with Gasteiger partial charge in [-0.1, -0.05) is 54.1 Å². The van der Waals surface area contributed by atoms with Crippen LogP contribution in [0.3, 0.4) is 0 Å². The molecule has 7 rings (SSSR count). The first-order chi connectivity index (χ1) is 19.4. The maximum absolute atomic E-state index is 13.2. The molecular formula is C33H35N3O3S. The van der Waals surface area contributed by atoms with Gasteiger partial charge in [-0.05, 0) is 85.7 Å². The Kier molecular flexibility index (Phi) is 7.45. The van der Waals surface area contributed by atoms with Crippen LogP contribution >= 0.6 is 0 Å². The molecule has 7 heteroatoms. The molecule has 0 amide bonds. The molecule has 40 heavy (non-hydrogen) atoms. The number of ether oxygens (including phenoxy) is 1. The van der Waals surface area contributed by atoms with Crippen molar-refractivity contribution < 1.29 is 13.2 Å². The Hall–Kier alpha value is -3.52. The van der Waals surface area contributed by atoms with Crippen molar-refractivity contribution in [3.8, 4) is 0 Å². The van der Waals surface area contributed by atoms with Crippen molar-refractivity contribution in [1.82, 2.24) is 9.88 Å². The molecule has 0 saturated carbocycles. The summed E-state index contributed by atoms with van der Waals surface area (Å²) in [5, 5.41) is 0.896. The molecule has 4 unspecified atom stereocenters. The number of rotatable bonds is 9. The van der Waals surface area contributed by atoms with Crippen LogP contribution < -0.4 is 4.72 Å². The molecule has 2 bridgehead atoms. The van der Waals surface area contributed by atoms with E-state index in [0.29, 0.717) is 24.1 Å². The van der Waals surface area contributed by atoms with E-state index in [9.17, 15) is 8.42 Å². The number of benzene rings is 3. The van der Waals surface area contributed by atoms with E-state index >= 15 is 0 Å². The van der Waals surface area contributed by atoms with E-state index in [1.165, 1.54) is 6.42 Å². The molecule has 3 aromatic carbocycles. The highest BCUT2D eigenvalue weighted by molar-refractivity contribution is 7.92. The third kappa shape index (κ3) is 5.42. The Labute approximate surface area is 236 Å². The summed E-state index contributed by atoms with van der Waals surface area (Å²) in [5.41, 5.74) is 4.47. The van der Waals surface area contributed by atoms with Gasteiger partial charge in [0.1, 0.15) is 0 Å². The van der Waals surface area contributed by atoms with Gasteiger partial charge in [0.25, 0.3) is 10.0 Å². The van der Waals surface area contributed by atoms with Gasteiger partial charge in [-0.3, -0.25) is 14.6 Å². The van der Waals surface area contributed by atoms with Gasteiger partial charge in [-0.2, -0.15) is 0 Å². The maximum atomic E-state index is 13.2.